The van der Waals surface area contributed by atoms with Crippen molar-refractivity contribution in [1.82, 2.24) is 0 Å². The van der Waals surface area contributed by atoms with Gasteiger partial charge in [-0.2, -0.15) is 0 Å². The Labute approximate surface area is 80.6 Å². The quantitative estimate of drug-likeness (QED) is 0.540. The third kappa shape index (κ3) is 1.25. The first kappa shape index (κ1) is 8.38. The summed E-state index contributed by atoms with van der Waals surface area (Å²) >= 11 is 1.61. The molecule has 0 fully saturated rings. The van der Waals surface area contributed by atoms with Gasteiger partial charge >= 0.3 is 0 Å². The molecule has 0 atom stereocenters. The molecule has 0 saturated heterocycles. The molecule has 0 amide bonds. The van der Waals surface area contributed by atoms with Crippen LogP contribution >= 0.6 is 11.3 Å². The van der Waals surface area contributed by atoms with Crippen molar-refractivity contribution in [3.8, 4) is 5.75 Å². The van der Waals surface area contributed by atoms with Crippen molar-refractivity contribution in [2.24, 2.45) is 0 Å². The number of fused-ring (bicyclic) bond motifs is 1. The molecule has 2 nitrogen and oxygen atoms in total. The lowest BCUT2D eigenvalue weighted by molar-refractivity contribution is 0.482. The number of anilines is 1. The Morgan fingerprint density at radius 2 is 2.23 bits per heavy atom. The summed E-state index contributed by atoms with van der Waals surface area (Å²) in [4.78, 5) is 1.25. The molecule has 0 saturated carbocycles. The van der Waals surface area contributed by atoms with Crippen molar-refractivity contribution in [2.45, 2.75) is 13.3 Å². The summed E-state index contributed by atoms with van der Waals surface area (Å²) in [5.41, 5.74) is 6.53. The Morgan fingerprint density at radius 3 is 2.85 bits per heavy atom. The third-order valence-electron chi connectivity index (χ3n) is 2.10. The molecule has 68 valence electrons. The van der Waals surface area contributed by atoms with Gasteiger partial charge in [0.05, 0.1) is 4.70 Å². The second-order valence-corrected chi connectivity index (χ2v) is 4.12. The molecular formula is C10H11NOS. The minimum Gasteiger partial charge on any atom is -0.506 e. The van der Waals surface area contributed by atoms with E-state index in [0.717, 1.165) is 22.2 Å². The van der Waals surface area contributed by atoms with Gasteiger partial charge in [-0.25, -0.2) is 0 Å². The third-order valence-corrected chi connectivity index (χ3v) is 3.40. The molecule has 3 N–H and O–H groups in total. The Morgan fingerprint density at radius 1 is 1.46 bits per heavy atom. The maximum absolute atomic E-state index is 9.56. The first-order chi connectivity index (χ1) is 6.22. The second kappa shape index (κ2) is 2.92. The van der Waals surface area contributed by atoms with Crippen molar-refractivity contribution in [3.63, 3.8) is 0 Å². The molecule has 0 aliphatic rings. The number of hydrogen-bond donors (Lipinski definition) is 2. The standard InChI is InChI=1S/C10H11NOS/c1-2-6-5-7-8(11)3-4-9(12)10(7)13-6/h3-5,12H,2,11H2,1H3. The lowest BCUT2D eigenvalue weighted by Gasteiger charge is -1.96. The number of aromatic hydroxyl groups is 1. The van der Waals surface area contributed by atoms with E-state index in [1.165, 1.54) is 4.88 Å². The highest BCUT2D eigenvalue weighted by Crippen LogP contribution is 2.36. The number of rotatable bonds is 1. The summed E-state index contributed by atoms with van der Waals surface area (Å²) in [5.74, 6) is 0.328. The summed E-state index contributed by atoms with van der Waals surface area (Å²) in [6, 6.07) is 5.44. The highest BCUT2D eigenvalue weighted by Gasteiger charge is 2.06. The molecule has 2 rings (SSSR count). The van der Waals surface area contributed by atoms with E-state index in [0.29, 0.717) is 5.75 Å². The van der Waals surface area contributed by atoms with Gasteiger partial charge in [0.2, 0.25) is 0 Å². The SMILES string of the molecule is CCc1cc2c(N)ccc(O)c2s1. The molecule has 13 heavy (non-hydrogen) atoms. The zero-order chi connectivity index (χ0) is 9.42. The van der Waals surface area contributed by atoms with E-state index in [1.807, 2.05) is 0 Å². The Hall–Kier alpha value is -1.22. The van der Waals surface area contributed by atoms with Gasteiger partial charge in [-0.3, -0.25) is 0 Å². The number of phenolic OH excluding ortho intramolecular Hbond substituents is 1. The average Bonchev–Trinajstić information content (AvgIpc) is 2.56. The summed E-state index contributed by atoms with van der Waals surface area (Å²) in [6.45, 7) is 2.10. The lowest BCUT2D eigenvalue weighted by atomic mass is 10.2. The van der Waals surface area contributed by atoms with Crippen LogP contribution in [0.25, 0.3) is 10.1 Å². The number of aryl methyl sites for hydroxylation is 1. The zero-order valence-electron chi connectivity index (χ0n) is 7.37. The van der Waals surface area contributed by atoms with Crippen LogP contribution in [0, 0.1) is 0 Å². The number of thiophene rings is 1. The van der Waals surface area contributed by atoms with Crippen LogP contribution in [0.2, 0.25) is 0 Å². The minimum atomic E-state index is 0.328. The fourth-order valence-electron chi connectivity index (χ4n) is 1.36. The monoisotopic (exact) mass is 193 g/mol. The van der Waals surface area contributed by atoms with Gasteiger partial charge in [-0.1, -0.05) is 6.92 Å². The van der Waals surface area contributed by atoms with E-state index in [4.69, 9.17) is 5.73 Å². The molecule has 0 unspecified atom stereocenters. The zero-order valence-corrected chi connectivity index (χ0v) is 8.19. The van der Waals surface area contributed by atoms with Crippen molar-refractivity contribution in [3.05, 3.63) is 23.1 Å². The topological polar surface area (TPSA) is 46.2 Å². The molecule has 0 bridgehead atoms. The number of nitrogens with two attached hydrogens (primary N) is 1. The van der Waals surface area contributed by atoms with Crippen LogP contribution in [0.15, 0.2) is 18.2 Å². The average molecular weight is 193 g/mol. The minimum absolute atomic E-state index is 0.328. The van der Waals surface area contributed by atoms with Crippen molar-refractivity contribution in [1.29, 1.82) is 0 Å². The number of benzene rings is 1. The van der Waals surface area contributed by atoms with Gasteiger partial charge in [-0.05, 0) is 24.6 Å². The van der Waals surface area contributed by atoms with Gasteiger partial charge in [0.25, 0.3) is 0 Å². The van der Waals surface area contributed by atoms with Crippen LogP contribution in [-0.2, 0) is 6.42 Å². The molecule has 3 heteroatoms. The number of phenols is 1. The maximum atomic E-state index is 9.56. The predicted octanol–water partition coefficient (Wildman–Crippen LogP) is 2.75. The molecule has 1 aromatic heterocycles. The fraction of sp³-hybridized carbons (Fsp3) is 0.200. The summed E-state index contributed by atoms with van der Waals surface area (Å²) in [5, 5.41) is 10.5. The van der Waals surface area contributed by atoms with Crippen LogP contribution < -0.4 is 5.73 Å². The molecule has 0 spiro atoms. The first-order valence-corrected chi connectivity index (χ1v) is 5.04. The highest BCUT2D eigenvalue weighted by atomic mass is 32.1. The second-order valence-electron chi connectivity index (χ2n) is 2.98. The highest BCUT2D eigenvalue weighted by molar-refractivity contribution is 7.19. The van der Waals surface area contributed by atoms with Crippen LogP contribution in [0.3, 0.4) is 0 Å². The molecule has 0 aliphatic carbocycles. The van der Waals surface area contributed by atoms with E-state index in [2.05, 4.69) is 13.0 Å². The molecule has 0 aliphatic heterocycles. The largest absolute Gasteiger partial charge is 0.506 e. The maximum Gasteiger partial charge on any atom is 0.133 e. The molecule has 1 aromatic carbocycles. The Balaban J connectivity index is 2.80. The molecular weight excluding hydrogens is 182 g/mol. The number of nitrogen functional groups attached to an aromatic ring is 1. The number of hydrogen-bond acceptors (Lipinski definition) is 3. The van der Waals surface area contributed by atoms with Crippen LogP contribution in [-0.4, -0.2) is 5.11 Å². The van der Waals surface area contributed by atoms with E-state index >= 15 is 0 Å². The summed E-state index contributed by atoms with van der Waals surface area (Å²) in [6.07, 6.45) is 0.984. The normalized spacial score (nSPS) is 10.8. The van der Waals surface area contributed by atoms with E-state index < -0.39 is 0 Å². The van der Waals surface area contributed by atoms with Gasteiger partial charge < -0.3 is 10.8 Å². The van der Waals surface area contributed by atoms with Gasteiger partial charge in [0.15, 0.2) is 0 Å². The van der Waals surface area contributed by atoms with E-state index in [1.54, 1.807) is 23.5 Å². The van der Waals surface area contributed by atoms with Gasteiger partial charge in [-0.15, -0.1) is 11.3 Å². The molecule has 0 radical (unpaired) electrons. The first-order valence-electron chi connectivity index (χ1n) is 4.22. The van der Waals surface area contributed by atoms with Gasteiger partial charge in [0.1, 0.15) is 5.75 Å². The molecule has 2 aromatic rings. The Kier molecular flexibility index (Phi) is 1.88. The van der Waals surface area contributed by atoms with E-state index in [9.17, 15) is 5.11 Å². The Bertz CT molecular complexity index is 408. The lowest BCUT2D eigenvalue weighted by Crippen LogP contribution is -1.83. The summed E-state index contributed by atoms with van der Waals surface area (Å²) in [7, 11) is 0. The smallest absolute Gasteiger partial charge is 0.133 e. The fourth-order valence-corrected chi connectivity index (χ4v) is 2.40. The molecule has 1 heterocycles. The van der Waals surface area contributed by atoms with Crippen molar-refractivity contribution < 1.29 is 5.11 Å². The van der Waals surface area contributed by atoms with Crippen LogP contribution in [0.1, 0.15) is 11.8 Å². The van der Waals surface area contributed by atoms with Crippen LogP contribution in [0.5, 0.6) is 5.75 Å². The summed E-state index contributed by atoms with van der Waals surface area (Å²) < 4.78 is 0.900. The van der Waals surface area contributed by atoms with Gasteiger partial charge in [0, 0.05) is 16.0 Å². The van der Waals surface area contributed by atoms with Crippen LogP contribution in [0.4, 0.5) is 5.69 Å². The van der Waals surface area contributed by atoms with Crippen molar-refractivity contribution >= 4 is 27.1 Å². The predicted molar refractivity (Wildman–Crippen MR) is 57.3 cm³/mol. The van der Waals surface area contributed by atoms with Crippen molar-refractivity contribution in [2.75, 3.05) is 5.73 Å². The van der Waals surface area contributed by atoms with E-state index in [-0.39, 0.29) is 0 Å².